The van der Waals surface area contributed by atoms with Crippen LogP contribution >= 0.6 is 11.8 Å². The Labute approximate surface area is 189 Å². The average Bonchev–Trinajstić information content (AvgIpc) is 3.25. The normalized spacial score (nSPS) is 18.5. The molecule has 2 saturated heterocycles. The van der Waals surface area contributed by atoms with Gasteiger partial charge in [0.2, 0.25) is 5.91 Å². The first-order valence-corrected chi connectivity index (χ1v) is 12.4. The highest BCUT2D eigenvalue weighted by Gasteiger charge is 2.30. The first-order valence-electron chi connectivity index (χ1n) is 11.2. The summed E-state index contributed by atoms with van der Waals surface area (Å²) >= 11 is 1.50. The SMILES string of the molecule is CSC(=Nc1ccccc1)Oc1ccc(CCN2CCC(N3CCCC3=O)CC2)cc1. The Balaban J connectivity index is 1.23. The summed E-state index contributed by atoms with van der Waals surface area (Å²) in [5.41, 5.74) is 2.20. The second kappa shape index (κ2) is 10.8. The largest absolute Gasteiger partial charge is 0.434 e. The van der Waals surface area contributed by atoms with E-state index in [1.165, 1.54) is 17.3 Å². The molecule has 2 aliphatic rings. The van der Waals surface area contributed by atoms with Gasteiger partial charge in [-0.1, -0.05) is 42.1 Å². The molecule has 5 nitrogen and oxygen atoms in total. The van der Waals surface area contributed by atoms with Gasteiger partial charge < -0.3 is 14.5 Å². The number of hydrogen-bond acceptors (Lipinski definition) is 5. The van der Waals surface area contributed by atoms with Gasteiger partial charge in [-0.25, -0.2) is 4.99 Å². The van der Waals surface area contributed by atoms with Gasteiger partial charge in [-0.3, -0.25) is 4.79 Å². The number of benzene rings is 2. The van der Waals surface area contributed by atoms with Crippen molar-refractivity contribution in [3.05, 3.63) is 60.2 Å². The minimum Gasteiger partial charge on any atom is -0.434 e. The van der Waals surface area contributed by atoms with E-state index in [0.29, 0.717) is 17.2 Å². The Morgan fingerprint density at radius 2 is 1.81 bits per heavy atom. The molecule has 31 heavy (non-hydrogen) atoms. The van der Waals surface area contributed by atoms with Crippen LogP contribution in [0.4, 0.5) is 5.69 Å². The van der Waals surface area contributed by atoms with Crippen molar-refractivity contribution in [2.24, 2.45) is 4.99 Å². The zero-order chi connectivity index (χ0) is 21.5. The minimum absolute atomic E-state index is 0.360. The maximum absolute atomic E-state index is 12.0. The van der Waals surface area contributed by atoms with Crippen LogP contribution in [0, 0.1) is 0 Å². The van der Waals surface area contributed by atoms with Gasteiger partial charge in [0.25, 0.3) is 5.23 Å². The molecule has 1 amide bonds. The van der Waals surface area contributed by atoms with Crippen LogP contribution in [-0.4, -0.2) is 59.4 Å². The maximum Gasteiger partial charge on any atom is 0.256 e. The quantitative estimate of drug-likeness (QED) is 0.483. The number of para-hydroxylation sites is 1. The summed E-state index contributed by atoms with van der Waals surface area (Å²) in [7, 11) is 0. The first-order chi connectivity index (χ1) is 15.2. The van der Waals surface area contributed by atoms with Crippen LogP contribution in [0.15, 0.2) is 59.6 Å². The van der Waals surface area contributed by atoms with E-state index in [1.54, 1.807) is 0 Å². The topological polar surface area (TPSA) is 45.1 Å². The van der Waals surface area contributed by atoms with E-state index in [0.717, 1.165) is 69.7 Å². The van der Waals surface area contributed by atoms with Crippen molar-refractivity contribution >= 4 is 28.6 Å². The highest BCUT2D eigenvalue weighted by Crippen LogP contribution is 2.23. The third-order valence-corrected chi connectivity index (χ3v) is 6.63. The van der Waals surface area contributed by atoms with Crippen LogP contribution in [0.5, 0.6) is 5.75 Å². The molecule has 2 aliphatic heterocycles. The van der Waals surface area contributed by atoms with E-state index >= 15 is 0 Å². The van der Waals surface area contributed by atoms with Crippen molar-refractivity contribution in [1.29, 1.82) is 0 Å². The molecule has 4 rings (SSSR count). The fourth-order valence-corrected chi connectivity index (χ4v) is 4.72. The van der Waals surface area contributed by atoms with Crippen LogP contribution in [0.3, 0.4) is 0 Å². The van der Waals surface area contributed by atoms with Crippen LogP contribution in [0.25, 0.3) is 0 Å². The number of ether oxygens (including phenoxy) is 1. The van der Waals surface area contributed by atoms with Gasteiger partial charge in [-0.15, -0.1) is 0 Å². The third kappa shape index (κ3) is 6.11. The first kappa shape index (κ1) is 21.9. The number of piperidine rings is 1. The number of thioether (sulfide) groups is 1. The second-order valence-electron chi connectivity index (χ2n) is 8.18. The molecule has 2 heterocycles. The predicted molar refractivity (Wildman–Crippen MR) is 128 cm³/mol. The smallest absolute Gasteiger partial charge is 0.256 e. The molecule has 0 atom stereocenters. The van der Waals surface area contributed by atoms with Gasteiger partial charge in [0.15, 0.2) is 0 Å². The molecule has 0 unspecified atom stereocenters. The molecule has 6 heteroatoms. The average molecular weight is 438 g/mol. The highest BCUT2D eigenvalue weighted by atomic mass is 32.2. The number of hydrogen-bond donors (Lipinski definition) is 0. The minimum atomic E-state index is 0.360. The van der Waals surface area contributed by atoms with Crippen LogP contribution in [-0.2, 0) is 11.2 Å². The summed E-state index contributed by atoms with van der Waals surface area (Å²) in [5.74, 6) is 1.17. The van der Waals surface area contributed by atoms with E-state index in [-0.39, 0.29) is 0 Å². The Kier molecular flexibility index (Phi) is 7.65. The standard InChI is InChI=1S/C25H31N3O2S/c1-31-25(26-21-6-3-2-4-7-21)30-23-11-9-20(10-12-23)13-17-27-18-14-22(15-19-27)28-16-5-8-24(28)29/h2-4,6-7,9-12,22H,5,8,13-19H2,1H3. The summed E-state index contributed by atoms with van der Waals surface area (Å²) < 4.78 is 5.96. The molecule has 2 fully saturated rings. The number of carbonyl (C=O) groups excluding carboxylic acids is 1. The number of amides is 1. The van der Waals surface area contributed by atoms with E-state index in [4.69, 9.17) is 4.74 Å². The molecular formula is C25H31N3O2S. The van der Waals surface area contributed by atoms with E-state index in [2.05, 4.69) is 26.9 Å². The monoisotopic (exact) mass is 437 g/mol. The molecule has 0 spiro atoms. The summed E-state index contributed by atoms with van der Waals surface area (Å²) in [6.07, 6.45) is 7.00. The molecule has 0 radical (unpaired) electrons. The Hall–Kier alpha value is -2.31. The lowest BCUT2D eigenvalue weighted by Crippen LogP contribution is -2.45. The molecule has 2 aromatic rings. The van der Waals surface area contributed by atoms with Crippen LogP contribution in [0.1, 0.15) is 31.2 Å². The number of carbonyl (C=O) groups is 1. The van der Waals surface area contributed by atoms with Gasteiger partial charge in [-0.05, 0) is 61.8 Å². The molecule has 2 aromatic carbocycles. The molecule has 0 bridgehead atoms. The highest BCUT2D eigenvalue weighted by molar-refractivity contribution is 8.13. The van der Waals surface area contributed by atoms with Gasteiger partial charge in [0.1, 0.15) is 5.75 Å². The number of likely N-dealkylation sites (tertiary alicyclic amines) is 2. The maximum atomic E-state index is 12.0. The fraction of sp³-hybridized carbons (Fsp3) is 0.440. The molecule has 0 aliphatic carbocycles. The van der Waals surface area contributed by atoms with Crippen molar-refractivity contribution in [3.8, 4) is 5.75 Å². The van der Waals surface area contributed by atoms with Gasteiger partial charge in [0, 0.05) is 38.6 Å². The lowest BCUT2D eigenvalue weighted by molar-refractivity contribution is -0.130. The van der Waals surface area contributed by atoms with Crippen molar-refractivity contribution < 1.29 is 9.53 Å². The molecule has 0 saturated carbocycles. The third-order valence-electron chi connectivity index (χ3n) is 6.10. The zero-order valence-corrected chi connectivity index (χ0v) is 19.0. The van der Waals surface area contributed by atoms with Crippen LogP contribution < -0.4 is 4.74 Å². The summed E-state index contributed by atoms with van der Waals surface area (Å²) in [6, 6.07) is 18.7. The summed E-state index contributed by atoms with van der Waals surface area (Å²) in [6.45, 7) is 4.20. The lowest BCUT2D eigenvalue weighted by Gasteiger charge is -2.36. The number of nitrogens with zero attached hydrogens (tertiary/aromatic N) is 3. The van der Waals surface area contributed by atoms with Gasteiger partial charge in [-0.2, -0.15) is 0 Å². The van der Waals surface area contributed by atoms with Gasteiger partial charge in [0.05, 0.1) is 5.69 Å². The zero-order valence-electron chi connectivity index (χ0n) is 18.2. The number of rotatable bonds is 6. The summed E-state index contributed by atoms with van der Waals surface area (Å²) in [4.78, 5) is 21.2. The molecule has 164 valence electrons. The van der Waals surface area contributed by atoms with Crippen molar-refractivity contribution in [2.75, 3.05) is 32.4 Å². The predicted octanol–water partition coefficient (Wildman–Crippen LogP) is 4.75. The van der Waals surface area contributed by atoms with Crippen molar-refractivity contribution in [1.82, 2.24) is 9.80 Å². The van der Waals surface area contributed by atoms with E-state index in [9.17, 15) is 4.79 Å². The van der Waals surface area contributed by atoms with E-state index < -0.39 is 0 Å². The number of aliphatic imine (C=N–C) groups is 1. The Morgan fingerprint density at radius 1 is 1.06 bits per heavy atom. The van der Waals surface area contributed by atoms with Gasteiger partial charge >= 0.3 is 0 Å². The van der Waals surface area contributed by atoms with Crippen molar-refractivity contribution in [3.63, 3.8) is 0 Å². The van der Waals surface area contributed by atoms with Crippen molar-refractivity contribution in [2.45, 2.75) is 38.1 Å². The molecular weight excluding hydrogens is 406 g/mol. The van der Waals surface area contributed by atoms with Crippen LogP contribution in [0.2, 0.25) is 0 Å². The molecule has 0 aromatic heterocycles. The Bertz CT molecular complexity index is 877. The molecule has 0 N–H and O–H groups in total. The lowest BCUT2D eigenvalue weighted by atomic mass is 10.0. The fourth-order valence-electron chi connectivity index (χ4n) is 4.34. The van der Waals surface area contributed by atoms with E-state index in [1.807, 2.05) is 48.7 Å². The second-order valence-corrected chi connectivity index (χ2v) is 8.93. The Morgan fingerprint density at radius 3 is 2.45 bits per heavy atom. The summed E-state index contributed by atoms with van der Waals surface area (Å²) in [5, 5.41) is 0.637.